The number of nitrogens with one attached hydrogen (secondary N) is 1. The van der Waals surface area contributed by atoms with Gasteiger partial charge in [0.25, 0.3) is 0 Å². The fourth-order valence-electron chi connectivity index (χ4n) is 4.52. The zero-order valence-corrected chi connectivity index (χ0v) is 18.1. The average Bonchev–Trinajstić information content (AvgIpc) is 3.21. The van der Waals surface area contributed by atoms with E-state index in [1.165, 1.54) is 11.3 Å². The predicted molar refractivity (Wildman–Crippen MR) is 116 cm³/mol. The summed E-state index contributed by atoms with van der Waals surface area (Å²) >= 11 is 1.49. The molecule has 4 aromatic rings. The van der Waals surface area contributed by atoms with Crippen LogP contribution in [0.3, 0.4) is 0 Å². The van der Waals surface area contributed by atoms with Crippen LogP contribution in [0.4, 0.5) is 5.69 Å². The van der Waals surface area contributed by atoms with E-state index in [9.17, 15) is 9.59 Å². The second-order valence-electron chi connectivity index (χ2n) is 8.26. The Bertz CT molecular complexity index is 1300. The molecule has 1 saturated heterocycles. The first-order chi connectivity index (χ1) is 15.5. The minimum Gasteiger partial charge on any atom is -0.327 e. The van der Waals surface area contributed by atoms with Crippen LogP contribution >= 0.6 is 11.3 Å². The van der Waals surface area contributed by atoms with E-state index in [-0.39, 0.29) is 24.3 Å². The fourth-order valence-corrected chi connectivity index (χ4v) is 5.27. The molecule has 4 heterocycles. The van der Waals surface area contributed by atoms with Gasteiger partial charge < -0.3 is 10.2 Å². The molecule has 6 rings (SSSR count). The molecule has 1 N–H and O–H groups in total. The largest absolute Gasteiger partial charge is 0.327 e. The van der Waals surface area contributed by atoms with Crippen LogP contribution < -0.4 is 5.32 Å². The minimum atomic E-state index is -0.467. The van der Waals surface area contributed by atoms with Gasteiger partial charge in [0.05, 0.1) is 36.4 Å². The molecule has 2 amide bonds. The first-order valence-electron chi connectivity index (χ1n) is 10.5. The van der Waals surface area contributed by atoms with E-state index in [1.54, 1.807) is 32.7 Å². The third-order valence-corrected chi connectivity index (χ3v) is 6.86. The van der Waals surface area contributed by atoms with Crippen molar-refractivity contribution in [2.75, 3.05) is 5.32 Å². The molecule has 3 aromatic heterocycles. The summed E-state index contributed by atoms with van der Waals surface area (Å²) in [5.74, 6) is 0.185. The number of piperidine rings is 1. The van der Waals surface area contributed by atoms with E-state index in [2.05, 4.69) is 25.7 Å². The van der Waals surface area contributed by atoms with Gasteiger partial charge in [0, 0.05) is 11.7 Å². The van der Waals surface area contributed by atoms with E-state index in [4.69, 9.17) is 0 Å². The predicted octanol–water partition coefficient (Wildman–Crippen LogP) is 1.85. The SMILES string of the molecule is Cc1nn2cc(CC(=O)N3[C@@H]4C[C@@H]4C[C@H]3C(=O)Nc3cccc(-n4ccnn4)c3)nc2s1. The molecular formula is C21H20N8O2S. The number of rotatable bonds is 5. The second kappa shape index (κ2) is 7.23. The molecule has 32 heavy (non-hydrogen) atoms. The molecular weight excluding hydrogens is 428 g/mol. The minimum absolute atomic E-state index is 0.0611. The Kier molecular flexibility index (Phi) is 4.32. The molecule has 1 aliphatic carbocycles. The summed E-state index contributed by atoms with van der Waals surface area (Å²) in [5.41, 5.74) is 2.13. The number of aryl methyl sites for hydroxylation is 1. The second-order valence-corrected chi connectivity index (χ2v) is 9.42. The molecule has 1 aromatic carbocycles. The normalized spacial score (nSPS) is 21.7. The van der Waals surface area contributed by atoms with Gasteiger partial charge >= 0.3 is 0 Å². The van der Waals surface area contributed by atoms with Gasteiger partial charge in [-0.2, -0.15) is 5.10 Å². The van der Waals surface area contributed by atoms with Crippen LogP contribution in [0.5, 0.6) is 0 Å². The van der Waals surface area contributed by atoms with Crippen LogP contribution in [0.25, 0.3) is 10.6 Å². The summed E-state index contributed by atoms with van der Waals surface area (Å²) in [6.07, 6.45) is 6.97. The molecule has 0 spiro atoms. The zero-order chi connectivity index (χ0) is 21.8. The first kappa shape index (κ1) is 19.1. The van der Waals surface area contributed by atoms with Crippen LogP contribution in [0.1, 0.15) is 23.5 Å². The first-order valence-corrected chi connectivity index (χ1v) is 11.3. The highest BCUT2D eigenvalue weighted by Gasteiger charge is 2.55. The van der Waals surface area contributed by atoms with Crippen molar-refractivity contribution in [3.05, 3.63) is 53.6 Å². The van der Waals surface area contributed by atoms with Crippen molar-refractivity contribution < 1.29 is 9.59 Å². The lowest BCUT2D eigenvalue weighted by Gasteiger charge is -2.26. The monoisotopic (exact) mass is 448 g/mol. The van der Waals surface area contributed by atoms with E-state index in [0.717, 1.165) is 22.1 Å². The standard InChI is InChI=1S/C21H20N8O2S/c1-12-25-28-11-15(24-21(28)32-12)10-19(30)29-17-7-13(17)8-18(29)20(31)23-14-3-2-4-16(9-14)27-6-5-22-26-27/h2-6,9,11,13,17-18H,7-8,10H2,1H3,(H,23,31)/t13-,17-,18+/m1/s1. The number of nitrogens with zero attached hydrogens (tertiary/aromatic N) is 7. The number of benzene rings is 1. The zero-order valence-electron chi connectivity index (χ0n) is 17.3. The van der Waals surface area contributed by atoms with E-state index in [1.807, 2.05) is 31.2 Å². The topological polar surface area (TPSA) is 110 Å². The summed E-state index contributed by atoms with van der Waals surface area (Å²) in [7, 11) is 0. The summed E-state index contributed by atoms with van der Waals surface area (Å²) in [5, 5.41) is 16.1. The van der Waals surface area contributed by atoms with Gasteiger partial charge in [0.1, 0.15) is 11.0 Å². The number of hydrogen-bond acceptors (Lipinski definition) is 7. The van der Waals surface area contributed by atoms with Crippen molar-refractivity contribution in [3.63, 3.8) is 0 Å². The number of amides is 2. The van der Waals surface area contributed by atoms with E-state index < -0.39 is 6.04 Å². The molecule has 0 bridgehead atoms. The number of hydrogen-bond donors (Lipinski definition) is 1. The molecule has 2 aliphatic rings. The molecule has 10 nitrogen and oxygen atoms in total. The van der Waals surface area contributed by atoms with Crippen molar-refractivity contribution in [3.8, 4) is 5.69 Å². The Morgan fingerprint density at radius 1 is 1.28 bits per heavy atom. The summed E-state index contributed by atoms with van der Waals surface area (Å²) in [4.78, 5) is 33.3. The highest BCUT2D eigenvalue weighted by molar-refractivity contribution is 7.16. The summed E-state index contributed by atoms with van der Waals surface area (Å²) in [6, 6.07) is 7.08. The molecule has 162 valence electrons. The molecule has 11 heteroatoms. The average molecular weight is 449 g/mol. The molecule has 0 radical (unpaired) electrons. The van der Waals surface area contributed by atoms with Crippen molar-refractivity contribution >= 4 is 33.8 Å². The van der Waals surface area contributed by atoms with Crippen molar-refractivity contribution in [2.24, 2.45) is 5.92 Å². The summed E-state index contributed by atoms with van der Waals surface area (Å²) < 4.78 is 3.33. The van der Waals surface area contributed by atoms with Gasteiger partial charge in [0.2, 0.25) is 16.8 Å². The Labute approximate surface area is 186 Å². The highest BCUT2D eigenvalue weighted by Crippen LogP contribution is 2.48. The number of imidazole rings is 1. The van der Waals surface area contributed by atoms with Gasteiger partial charge in [0.15, 0.2) is 0 Å². The molecule has 3 atom stereocenters. The third-order valence-electron chi connectivity index (χ3n) is 6.02. The molecule has 2 fully saturated rings. The molecule has 1 saturated carbocycles. The van der Waals surface area contributed by atoms with Crippen LogP contribution in [-0.2, 0) is 16.0 Å². The smallest absolute Gasteiger partial charge is 0.247 e. The number of anilines is 1. The molecule has 0 unspecified atom stereocenters. The fraction of sp³-hybridized carbons (Fsp3) is 0.333. The Balaban J connectivity index is 1.17. The quantitative estimate of drug-likeness (QED) is 0.499. The van der Waals surface area contributed by atoms with Gasteiger partial charge in [-0.1, -0.05) is 22.6 Å². The Morgan fingerprint density at radius 2 is 2.19 bits per heavy atom. The Morgan fingerprint density at radius 3 is 3.00 bits per heavy atom. The lowest BCUT2D eigenvalue weighted by Crippen LogP contribution is -2.46. The van der Waals surface area contributed by atoms with Crippen molar-refractivity contribution in [2.45, 2.75) is 38.3 Å². The van der Waals surface area contributed by atoms with E-state index >= 15 is 0 Å². The van der Waals surface area contributed by atoms with Crippen LogP contribution in [0.2, 0.25) is 0 Å². The van der Waals surface area contributed by atoms with Crippen LogP contribution in [0, 0.1) is 12.8 Å². The maximum absolute atomic E-state index is 13.2. The van der Waals surface area contributed by atoms with Crippen molar-refractivity contribution in [1.82, 2.24) is 34.5 Å². The third kappa shape index (κ3) is 3.34. The van der Waals surface area contributed by atoms with Crippen molar-refractivity contribution in [1.29, 1.82) is 0 Å². The lowest BCUT2D eigenvalue weighted by molar-refractivity contribution is -0.137. The van der Waals surface area contributed by atoms with Gasteiger partial charge in [-0.15, -0.1) is 5.10 Å². The number of likely N-dealkylation sites (tertiary alicyclic amines) is 1. The van der Waals surface area contributed by atoms with E-state index in [0.29, 0.717) is 23.7 Å². The number of fused-ring (bicyclic) bond motifs is 2. The molecule has 1 aliphatic heterocycles. The number of carbonyl (C=O) groups excluding carboxylic acids is 2. The van der Waals surface area contributed by atoms with Gasteiger partial charge in [-0.05, 0) is 43.9 Å². The van der Waals surface area contributed by atoms with Crippen LogP contribution in [-0.4, -0.2) is 58.4 Å². The van der Waals surface area contributed by atoms with Gasteiger partial charge in [-0.3, -0.25) is 9.59 Å². The summed E-state index contributed by atoms with van der Waals surface area (Å²) in [6.45, 7) is 1.92. The van der Waals surface area contributed by atoms with Gasteiger partial charge in [-0.25, -0.2) is 14.2 Å². The van der Waals surface area contributed by atoms with Crippen LogP contribution in [0.15, 0.2) is 42.9 Å². The number of aromatic nitrogens is 6. The highest BCUT2D eigenvalue weighted by atomic mass is 32.1. The maximum atomic E-state index is 13.2. The lowest BCUT2D eigenvalue weighted by atomic mass is 10.1. The number of carbonyl (C=O) groups is 2. The Hall–Kier alpha value is -3.60. The maximum Gasteiger partial charge on any atom is 0.247 e.